The summed E-state index contributed by atoms with van der Waals surface area (Å²) in [5, 5.41) is 20.7. The van der Waals surface area contributed by atoms with Gasteiger partial charge in [0.05, 0.1) is 12.1 Å². The van der Waals surface area contributed by atoms with Crippen LogP contribution in [0.5, 0.6) is 0 Å². The van der Waals surface area contributed by atoms with E-state index in [9.17, 15) is 4.79 Å². The smallest absolute Gasteiger partial charge is 0.371 e. The van der Waals surface area contributed by atoms with Crippen LogP contribution in [0.4, 0.5) is 5.82 Å². The molecule has 0 amide bonds. The molecule has 6 heteroatoms. The predicted octanol–water partition coefficient (Wildman–Crippen LogP) is 2.16. The van der Waals surface area contributed by atoms with E-state index in [1.807, 2.05) is 6.92 Å². The number of anilines is 1. The molecule has 0 aliphatic carbocycles. The van der Waals surface area contributed by atoms with Gasteiger partial charge in [-0.2, -0.15) is 5.26 Å². The Kier molecular flexibility index (Phi) is 3.48. The number of aryl methyl sites for hydroxylation is 1. The summed E-state index contributed by atoms with van der Waals surface area (Å²) in [5.74, 6) is -0.312. The van der Waals surface area contributed by atoms with Crippen molar-refractivity contribution in [3.8, 4) is 6.07 Å². The summed E-state index contributed by atoms with van der Waals surface area (Å²) in [6.07, 6.45) is 1.60. The van der Waals surface area contributed by atoms with Crippen LogP contribution in [0.2, 0.25) is 0 Å². The van der Waals surface area contributed by atoms with Gasteiger partial charge in [0.2, 0.25) is 5.76 Å². The lowest BCUT2D eigenvalue weighted by Crippen LogP contribution is -2.03. The average molecular weight is 257 g/mol. The van der Waals surface area contributed by atoms with Crippen molar-refractivity contribution in [3.05, 3.63) is 47.0 Å². The molecule has 0 atom stereocenters. The molecule has 2 rings (SSSR count). The summed E-state index contributed by atoms with van der Waals surface area (Å²) in [6, 6.07) is 6.77. The van der Waals surface area contributed by atoms with E-state index in [0.29, 0.717) is 17.1 Å². The first-order valence-electron chi connectivity index (χ1n) is 5.53. The third kappa shape index (κ3) is 2.72. The van der Waals surface area contributed by atoms with E-state index in [1.165, 1.54) is 6.07 Å². The number of rotatable bonds is 4. The van der Waals surface area contributed by atoms with Crippen molar-refractivity contribution in [2.75, 3.05) is 5.32 Å². The van der Waals surface area contributed by atoms with Gasteiger partial charge >= 0.3 is 5.97 Å². The molecule has 0 radical (unpaired) electrons. The number of nitrogens with zero attached hydrogens (tertiary/aromatic N) is 2. The zero-order chi connectivity index (χ0) is 13.8. The zero-order valence-electron chi connectivity index (χ0n) is 10.2. The van der Waals surface area contributed by atoms with E-state index in [0.717, 1.165) is 5.56 Å². The average Bonchev–Trinajstić information content (AvgIpc) is 2.85. The van der Waals surface area contributed by atoms with Crippen LogP contribution in [-0.2, 0) is 6.54 Å². The lowest BCUT2D eigenvalue weighted by molar-refractivity contribution is 0.0660. The number of aromatic carboxylic acids is 1. The predicted molar refractivity (Wildman–Crippen MR) is 66.7 cm³/mol. The Morgan fingerprint density at radius 2 is 2.32 bits per heavy atom. The van der Waals surface area contributed by atoms with Gasteiger partial charge in [0, 0.05) is 6.20 Å². The van der Waals surface area contributed by atoms with Crippen molar-refractivity contribution in [3.63, 3.8) is 0 Å². The third-order valence-electron chi connectivity index (χ3n) is 2.57. The molecule has 2 aromatic rings. The van der Waals surface area contributed by atoms with Gasteiger partial charge in [-0.3, -0.25) is 0 Å². The minimum absolute atomic E-state index is 0.116. The van der Waals surface area contributed by atoms with E-state index >= 15 is 0 Å². The molecule has 0 aromatic carbocycles. The lowest BCUT2D eigenvalue weighted by Gasteiger charge is -2.06. The fraction of sp³-hybridized carbons (Fsp3) is 0.154. The van der Waals surface area contributed by atoms with Crippen LogP contribution in [-0.4, -0.2) is 16.1 Å². The highest BCUT2D eigenvalue weighted by atomic mass is 16.4. The second kappa shape index (κ2) is 5.23. The highest BCUT2D eigenvalue weighted by Crippen LogP contribution is 2.16. The zero-order valence-corrected chi connectivity index (χ0v) is 10.2. The number of hydrogen-bond donors (Lipinski definition) is 2. The van der Waals surface area contributed by atoms with Gasteiger partial charge in [-0.25, -0.2) is 9.78 Å². The van der Waals surface area contributed by atoms with E-state index < -0.39 is 5.97 Å². The summed E-state index contributed by atoms with van der Waals surface area (Å²) in [5.41, 5.74) is 1.29. The monoisotopic (exact) mass is 257 g/mol. The maximum atomic E-state index is 10.7. The van der Waals surface area contributed by atoms with Crippen molar-refractivity contribution in [1.29, 1.82) is 5.26 Å². The van der Waals surface area contributed by atoms with Crippen molar-refractivity contribution in [1.82, 2.24) is 4.98 Å². The van der Waals surface area contributed by atoms with Gasteiger partial charge in [-0.1, -0.05) is 0 Å². The third-order valence-corrected chi connectivity index (χ3v) is 2.57. The van der Waals surface area contributed by atoms with Crippen molar-refractivity contribution < 1.29 is 14.3 Å². The number of carboxylic acids is 1. The summed E-state index contributed by atoms with van der Waals surface area (Å²) in [4.78, 5) is 14.7. The van der Waals surface area contributed by atoms with Gasteiger partial charge in [0.1, 0.15) is 17.6 Å². The van der Waals surface area contributed by atoms with Crippen LogP contribution in [0.3, 0.4) is 0 Å². The molecule has 6 nitrogen and oxygen atoms in total. The molecule has 96 valence electrons. The normalized spacial score (nSPS) is 9.89. The molecule has 0 aliphatic heterocycles. The van der Waals surface area contributed by atoms with E-state index in [4.69, 9.17) is 14.8 Å². The van der Waals surface area contributed by atoms with Gasteiger partial charge in [0.25, 0.3) is 0 Å². The first-order valence-corrected chi connectivity index (χ1v) is 5.53. The lowest BCUT2D eigenvalue weighted by atomic mass is 10.1. The minimum atomic E-state index is -1.11. The summed E-state index contributed by atoms with van der Waals surface area (Å²) >= 11 is 0. The van der Waals surface area contributed by atoms with Gasteiger partial charge in [-0.05, 0) is 30.7 Å². The molecule has 0 bridgehead atoms. The summed E-state index contributed by atoms with van der Waals surface area (Å²) < 4.78 is 5.10. The van der Waals surface area contributed by atoms with Gasteiger partial charge < -0.3 is 14.8 Å². The summed E-state index contributed by atoms with van der Waals surface area (Å²) in [7, 11) is 0. The maximum Gasteiger partial charge on any atom is 0.371 e. The summed E-state index contributed by atoms with van der Waals surface area (Å²) in [6.45, 7) is 2.08. The molecule has 0 fully saturated rings. The number of nitriles is 1. The highest BCUT2D eigenvalue weighted by Gasteiger charge is 2.10. The molecule has 0 spiro atoms. The Morgan fingerprint density at radius 3 is 2.95 bits per heavy atom. The second-order valence-corrected chi connectivity index (χ2v) is 3.89. The van der Waals surface area contributed by atoms with Crippen LogP contribution in [0.1, 0.15) is 27.4 Å². The Hall–Kier alpha value is -2.81. The maximum absolute atomic E-state index is 10.7. The fourth-order valence-electron chi connectivity index (χ4n) is 1.59. The molecule has 0 unspecified atom stereocenters. The van der Waals surface area contributed by atoms with Crippen LogP contribution in [0.15, 0.2) is 28.8 Å². The topological polar surface area (TPSA) is 99.2 Å². The first-order chi connectivity index (χ1) is 9.11. The quantitative estimate of drug-likeness (QED) is 0.870. The number of carboxylic acid groups (broad SMARTS) is 1. The molecule has 2 aromatic heterocycles. The number of pyridine rings is 1. The van der Waals surface area contributed by atoms with Gasteiger partial charge in [0.15, 0.2) is 0 Å². The molecule has 0 saturated heterocycles. The van der Waals surface area contributed by atoms with Gasteiger partial charge in [-0.15, -0.1) is 0 Å². The number of hydrogen-bond acceptors (Lipinski definition) is 5. The van der Waals surface area contributed by atoms with Crippen LogP contribution in [0.25, 0.3) is 0 Å². The Bertz CT molecular complexity index is 655. The van der Waals surface area contributed by atoms with Crippen LogP contribution in [0, 0.1) is 18.3 Å². The number of carbonyl (C=O) groups is 1. The van der Waals surface area contributed by atoms with E-state index in [2.05, 4.69) is 16.4 Å². The number of furan rings is 1. The van der Waals surface area contributed by atoms with Crippen molar-refractivity contribution in [2.45, 2.75) is 13.5 Å². The SMILES string of the molecule is Cc1ccnc(NCc2ccc(C(=O)O)o2)c1C#N. The molecule has 19 heavy (non-hydrogen) atoms. The fourth-order valence-corrected chi connectivity index (χ4v) is 1.59. The molecular weight excluding hydrogens is 246 g/mol. The standard InChI is InChI=1S/C13H11N3O3/c1-8-4-5-15-12(10(8)6-14)16-7-9-2-3-11(19-9)13(17)18/h2-5H,7H2,1H3,(H,15,16)(H,17,18). The van der Waals surface area contributed by atoms with Crippen molar-refractivity contribution in [2.24, 2.45) is 0 Å². The molecule has 0 saturated carbocycles. The molecule has 2 heterocycles. The Labute approximate surface area is 109 Å². The van der Waals surface area contributed by atoms with Crippen LogP contribution >= 0.6 is 0 Å². The Morgan fingerprint density at radius 1 is 1.53 bits per heavy atom. The molecule has 0 aliphatic rings. The van der Waals surface area contributed by atoms with Crippen LogP contribution < -0.4 is 5.32 Å². The first kappa shape index (κ1) is 12.6. The Balaban J connectivity index is 2.12. The second-order valence-electron chi connectivity index (χ2n) is 3.89. The number of aromatic nitrogens is 1. The van der Waals surface area contributed by atoms with E-state index in [1.54, 1.807) is 18.3 Å². The number of nitrogens with one attached hydrogen (secondary N) is 1. The molecule has 2 N–H and O–H groups in total. The highest BCUT2D eigenvalue weighted by molar-refractivity contribution is 5.84. The largest absolute Gasteiger partial charge is 0.475 e. The van der Waals surface area contributed by atoms with E-state index in [-0.39, 0.29) is 12.3 Å². The van der Waals surface area contributed by atoms with Crippen molar-refractivity contribution >= 4 is 11.8 Å². The minimum Gasteiger partial charge on any atom is -0.475 e. The molecular formula is C13H11N3O3.